The smallest absolute Gasteiger partial charge is 0.238 e. The standard InChI is InChI=1S/C17H27N5O/c1-13-9-16(21-20-13)17(23)19-10-14-5-4-8-22(11-14)12-15-6-2-3-7-18-15/h2-3,6-7,13-14,16,20-21H,4-5,8-12H2,1H3,(H,19,23). The Morgan fingerprint density at radius 3 is 3.09 bits per heavy atom. The van der Waals surface area contributed by atoms with Crippen molar-refractivity contribution in [3.63, 3.8) is 0 Å². The van der Waals surface area contributed by atoms with Crippen LogP contribution < -0.4 is 16.2 Å². The lowest BCUT2D eigenvalue weighted by molar-refractivity contribution is -0.123. The third-order valence-corrected chi connectivity index (χ3v) is 4.69. The zero-order valence-corrected chi connectivity index (χ0v) is 13.8. The number of hydrogen-bond donors (Lipinski definition) is 3. The van der Waals surface area contributed by atoms with Gasteiger partial charge in [0.15, 0.2) is 0 Å². The predicted octanol–water partition coefficient (Wildman–Crippen LogP) is 0.665. The molecule has 0 bridgehead atoms. The molecule has 6 nitrogen and oxygen atoms in total. The van der Waals surface area contributed by atoms with Gasteiger partial charge in [0, 0.05) is 31.9 Å². The summed E-state index contributed by atoms with van der Waals surface area (Å²) in [4.78, 5) is 19.0. The van der Waals surface area contributed by atoms with Crippen LogP contribution in [0.5, 0.6) is 0 Å². The summed E-state index contributed by atoms with van der Waals surface area (Å²) < 4.78 is 0. The monoisotopic (exact) mass is 317 g/mol. The molecule has 0 saturated carbocycles. The van der Waals surface area contributed by atoms with Crippen molar-refractivity contribution in [2.24, 2.45) is 5.92 Å². The molecule has 6 heteroatoms. The number of hydrazine groups is 1. The molecule has 3 N–H and O–H groups in total. The number of piperidine rings is 1. The maximum atomic E-state index is 12.2. The number of pyridine rings is 1. The van der Waals surface area contributed by atoms with Gasteiger partial charge in [-0.25, -0.2) is 5.43 Å². The minimum absolute atomic E-state index is 0.0989. The number of carbonyl (C=O) groups excluding carboxylic acids is 1. The fourth-order valence-electron chi connectivity index (χ4n) is 3.44. The largest absolute Gasteiger partial charge is 0.354 e. The number of likely N-dealkylation sites (tertiary alicyclic amines) is 1. The molecular formula is C17H27N5O. The normalized spacial score (nSPS) is 28.7. The van der Waals surface area contributed by atoms with E-state index in [1.54, 1.807) is 0 Å². The molecule has 126 valence electrons. The average molecular weight is 317 g/mol. The number of nitrogens with zero attached hydrogens (tertiary/aromatic N) is 2. The van der Waals surface area contributed by atoms with Crippen LogP contribution in [0, 0.1) is 5.92 Å². The summed E-state index contributed by atoms with van der Waals surface area (Å²) in [5, 5.41) is 3.12. The zero-order chi connectivity index (χ0) is 16.1. The van der Waals surface area contributed by atoms with E-state index in [9.17, 15) is 4.79 Å². The Morgan fingerprint density at radius 2 is 2.35 bits per heavy atom. The van der Waals surface area contributed by atoms with E-state index in [4.69, 9.17) is 0 Å². The lowest BCUT2D eigenvalue weighted by Crippen LogP contribution is -2.46. The van der Waals surface area contributed by atoms with Gasteiger partial charge in [-0.3, -0.25) is 20.1 Å². The molecular weight excluding hydrogens is 290 g/mol. The second-order valence-corrected chi connectivity index (χ2v) is 6.79. The number of hydrogen-bond acceptors (Lipinski definition) is 5. The Hall–Kier alpha value is -1.50. The number of amides is 1. The molecule has 2 fully saturated rings. The number of aromatic nitrogens is 1. The van der Waals surface area contributed by atoms with Crippen LogP contribution in [0.2, 0.25) is 0 Å². The lowest BCUT2D eigenvalue weighted by Gasteiger charge is -2.32. The summed E-state index contributed by atoms with van der Waals surface area (Å²) >= 11 is 0. The first-order valence-corrected chi connectivity index (χ1v) is 8.62. The molecule has 0 spiro atoms. The molecule has 3 atom stereocenters. The summed E-state index contributed by atoms with van der Waals surface area (Å²) in [5.41, 5.74) is 7.27. The molecule has 2 saturated heterocycles. The quantitative estimate of drug-likeness (QED) is 0.744. The minimum atomic E-state index is -0.0989. The highest BCUT2D eigenvalue weighted by molar-refractivity contribution is 5.82. The van der Waals surface area contributed by atoms with Crippen LogP contribution in [0.25, 0.3) is 0 Å². The topological polar surface area (TPSA) is 69.3 Å². The fraction of sp³-hybridized carbons (Fsp3) is 0.647. The Morgan fingerprint density at radius 1 is 1.43 bits per heavy atom. The van der Waals surface area contributed by atoms with Gasteiger partial charge in [-0.15, -0.1) is 0 Å². The van der Waals surface area contributed by atoms with Gasteiger partial charge in [0.25, 0.3) is 0 Å². The van der Waals surface area contributed by atoms with Crippen LogP contribution in [-0.4, -0.2) is 47.5 Å². The molecule has 2 aliphatic rings. The van der Waals surface area contributed by atoms with Crippen molar-refractivity contribution in [1.82, 2.24) is 26.1 Å². The van der Waals surface area contributed by atoms with E-state index in [1.165, 1.54) is 12.8 Å². The molecule has 3 rings (SSSR count). The van der Waals surface area contributed by atoms with E-state index in [-0.39, 0.29) is 11.9 Å². The highest BCUT2D eigenvalue weighted by Crippen LogP contribution is 2.17. The second-order valence-electron chi connectivity index (χ2n) is 6.79. The van der Waals surface area contributed by atoms with Crippen molar-refractivity contribution in [1.29, 1.82) is 0 Å². The van der Waals surface area contributed by atoms with Gasteiger partial charge in [-0.1, -0.05) is 6.07 Å². The van der Waals surface area contributed by atoms with Crippen LogP contribution in [0.4, 0.5) is 0 Å². The molecule has 1 amide bonds. The van der Waals surface area contributed by atoms with Crippen LogP contribution in [-0.2, 0) is 11.3 Å². The molecule has 1 aromatic heterocycles. The summed E-state index contributed by atoms with van der Waals surface area (Å²) in [6.07, 6.45) is 5.07. The molecule has 0 aliphatic carbocycles. The summed E-state index contributed by atoms with van der Waals surface area (Å²) in [7, 11) is 0. The van der Waals surface area contributed by atoms with Crippen molar-refractivity contribution in [2.45, 2.75) is 44.8 Å². The first-order chi connectivity index (χ1) is 11.2. The van der Waals surface area contributed by atoms with Crippen LogP contribution >= 0.6 is 0 Å². The molecule has 0 radical (unpaired) electrons. The van der Waals surface area contributed by atoms with E-state index >= 15 is 0 Å². The predicted molar refractivity (Wildman–Crippen MR) is 89.4 cm³/mol. The third kappa shape index (κ3) is 4.73. The summed E-state index contributed by atoms with van der Waals surface area (Å²) in [5.74, 6) is 0.645. The van der Waals surface area contributed by atoms with E-state index in [0.717, 1.165) is 38.3 Å². The van der Waals surface area contributed by atoms with E-state index in [1.807, 2.05) is 18.3 Å². The second kappa shape index (κ2) is 7.86. The first-order valence-electron chi connectivity index (χ1n) is 8.62. The maximum Gasteiger partial charge on any atom is 0.238 e. The molecule has 23 heavy (non-hydrogen) atoms. The van der Waals surface area contributed by atoms with Gasteiger partial charge in [0.1, 0.15) is 6.04 Å². The van der Waals surface area contributed by atoms with Crippen LogP contribution in [0.3, 0.4) is 0 Å². The van der Waals surface area contributed by atoms with E-state index < -0.39 is 0 Å². The Balaban J connectivity index is 1.42. The van der Waals surface area contributed by atoms with Gasteiger partial charge in [0.05, 0.1) is 5.69 Å². The number of nitrogens with one attached hydrogen (secondary N) is 3. The minimum Gasteiger partial charge on any atom is -0.354 e. The van der Waals surface area contributed by atoms with Gasteiger partial charge < -0.3 is 5.32 Å². The van der Waals surface area contributed by atoms with E-state index in [2.05, 4.69) is 39.0 Å². The molecule has 0 aromatic carbocycles. The fourth-order valence-corrected chi connectivity index (χ4v) is 3.44. The number of carbonyl (C=O) groups is 1. The van der Waals surface area contributed by atoms with Crippen LogP contribution in [0.15, 0.2) is 24.4 Å². The molecule has 3 heterocycles. The Bertz CT molecular complexity index is 509. The van der Waals surface area contributed by atoms with Crippen molar-refractivity contribution in [2.75, 3.05) is 19.6 Å². The van der Waals surface area contributed by atoms with Gasteiger partial charge in [-0.2, -0.15) is 0 Å². The lowest BCUT2D eigenvalue weighted by atomic mass is 9.97. The molecule has 1 aromatic rings. The average Bonchev–Trinajstić information content (AvgIpc) is 3.01. The third-order valence-electron chi connectivity index (χ3n) is 4.69. The highest BCUT2D eigenvalue weighted by Gasteiger charge is 2.27. The van der Waals surface area contributed by atoms with Crippen molar-refractivity contribution in [3.05, 3.63) is 30.1 Å². The Kier molecular flexibility index (Phi) is 5.59. The maximum absolute atomic E-state index is 12.2. The zero-order valence-electron chi connectivity index (χ0n) is 13.8. The summed E-state index contributed by atoms with van der Waals surface area (Å²) in [6, 6.07) is 6.32. The Labute approximate surface area is 138 Å². The van der Waals surface area contributed by atoms with E-state index in [0.29, 0.717) is 12.0 Å². The first kappa shape index (κ1) is 16.4. The van der Waals surface area contributed by atoms with Crippen molar-refractivity contribution >= 4 is 5.91 Å². The van der Waals surface area contributed by atoms with Gasteiger partial charge in [0.2, 0.25) is 5.91 Å². The van der Waals surface area contributed by atoms with Crippen molar-refractivity contribution in [3.8, 4) is 0 Å². The van der Waals surface area contributed by atoms with Crippen molar-refractivity contribution < 1.29 is 4.79 Å². The molecule has 2 aliphatic heterocycles. The number of rotatable bonds is 5. The highest BCUT2D eigenvalue weighted by atomic mass is 16.2. The SMILES string of the molecule is CC1CC(C(=O)NCC2CCCN(Cc3ccccn3)C2)NN1. The summed E-state index contributed by atoms with van der Waals surface area (Å²) in [6.45, 7) is 5.90. The molecule has 3 unspecified atom stereocenters. The van der Waals surface area contributed by atoms with Gasteiger partial charge >= 0.3 is 0 Å². The van der Waals surface area contributed by atoms with Crippen LogP contribution in [0.1, 0.15) is 31.9 Å². The van der Waals surface area contributed by atoms with Gasteiger partial charge in [-0.05, 0) is 50.8 Å².